The first-order valence-electron chi connectivity index (χ1n) is 5.99. The summed E-state index contributed by atoms with van der Waals surface area (Å²) in [5.74, 6) is 0.550. The van der Waals surface area contributed by atoms with E-state index in [9.17, 15) is 5.11 Å². The quantitative estimate of drug-likeness (QED) is 0.790. The van der Waals surface area contributed by atoms with E-state index in [0.717, 1.165) is 16.5 Å². The van der Waals surface area contributed by atoms with Crippen molar-refractivity contribution in [2.24, 2.45) is 0 Å². The largest absolute Gasteiger partial charge is 0.458 e. The van der Waals surface area contributed by atoms with E-state index in [1.807, 2.05) is 30.3 Å². The van der Waals surface area contributed by atoms with Gasteiger partial charge in [0.2, 0.25) is 0 Å². The molecule has 1 aromatic carbocycles. The summed E-state index contributed by atoms with van der Waals surface area (Å²) >= 11 is 6.03. The molecule has 0 radical (unpaired) electrons. The normalized spacial score (nSPS) is 12.7. The number of nitrogens with zero attached hydrogens (tertiary/aromatic N) is 1. The van der Waals surface area contributed by atoms with E-state index in [4.69, 9.17) is 16.0 Å². The van der Waals surface area contributed by atoms with E-state index in [-0.39, 0.29) is 0 Å². The number of pyridine rings is 1. The Bertz CT molecular complexity index is 675. The molecule has 3 aromatic rings. The van der Waals surface area contributed by atoms with Gasteiger partial charge in [-0.25, -0.2) is 0 Å². The van der Waals surface area contributed by atoms with Gasteiger partial charge in [-0.15, -0.1) is 0 Å². The topological polar surface area (TPSA) is 46.3 Å². The Kier molecular flexibility index (Phi) is 3.23. The summed E-state index contributed by atoms with van der Waals surface area (Å²) in [5.41, 5.74) is 1.63. The van der Waals surface area contributed by atoms with Crippen molar-refractivity contribution in [2.45, 2.75) is 12.5 Å². The summed E-state index contributed by atoms with van der Waals surface area (Å²) in [6.07, 6.45) is 2.92. The van der Waals surface area contributed by atoms with Crippen molar-refractivity contribution in [1.29, 1.82) is 0 Å². The molecule has 19 heavy (non-hydrogen) atoms. The first-order chi connectivity index (χ1) is 9.24. The van der Waals surface area contributed by atoms with E-state index in [2.05, 4.69) is 4.98 Å². The van der Waals surface area contributed by atoms with Crippen LogP contribution in [0.2, 0.25) is 5.02 Å². The van der Waals surface area contributed by atoms with Gasteiger partial charge in [0.15, 0.2) is 0 Å². The fourth-order valence-electron chi connectivity index (χ4n) is 2.05. The molecule has 3 nitrogen and oxygen atoms in total. The van der Waals surface area contributed by atoms with Crippen molar-refractivity contribution in [2.75, 3.05) is 0 Å². The number of hydrogen-bond donors (Lipinski definition) is 1. The molecule has 0 saturated carbocycles. The maximum atomic E-state index is 10.2. The van der Waals surface area contributed by atoms with E-state index < -0.39 is 6.10 Å². The van der Waals surface area contributed by atoms with Crippen molar-refractivity contribution in [3.63, 3.8) is 0 Å². The van der Waals surface area contributed by atoms with Gasteiger partial charge >= 0.3 is 0 Å². The Balaban J connectivity index is 1.87. The SMILES string of the molecule is OC(Cc1ccncc1Cl)c1cc2ccccc2o1. The average Bonchev–Trinajstić information content (AvgIpc) is 2.85. The summed E-state index contributed by atoms with van der Waals surface area (Å²) in [6.45, 7) is 0. The maximum absolute atomic E-state index is 10.2. The fraction of sp³-hybridized carbons (Fsp3) is 0.133. The fourth-order valence-corrected chi connectivity index (χ4v) is 2.24. The number of rotatable bonds is 3. The standard InChI is InChI=1S/C15H12ClNO2/c16-12-9-17-6-5-10(12)7-13(18)15-8-11-3-1-2-4-14(11)19-15/h1-6,8-9,13,18H,7H2. The first kappa shape index (κ1) is 12.2. The monoisotopic (exact) mass is 273 g/mol. The van der Waals surface area contributed by atoms with Crippen LogP contribution < -0.4 is 0 Å². The van der Waals surface area contributed by atoms with Crippen molar-refractivity contribution in [1.82, 2.24) is 4.98 Å². The number of furan rings is 1. The lowest BCUT2D eigenvalue weighted by atomic mass is 10.1. The summed E-state index contributed by atoms with van der Waals surface area (Å²) in [6, 6.07) is 11.3. The molecule has 0 aliphatic heterocycles. The molecule has 2 heterocycles. The zero-order valence-corrected chi connectivity index (χ0v) is 10.8. The molecule has 0 spiro atoms. The minimum absolute atomic E-state index is 0.404. The zero-order chi connectivity index (χ0) is 13.2. The highest BCUT2D eigenvalue weighted by Crippen LogP contribution is 2.27. The molecule has 0 aliphatic rings. The number of benzene rings is 1. The Hall–Kier alpha value is -1.84. The highest BCUT2D eigenvalue weighted by molar-refractivity contribution is 6.31. The Labute approximate surface area is 115 Å². The summed E-state index contributed by atoms with van der Waals surface area (Å²) in [4.78, 5) is 3.92. The van der Waals surface area contributed by atoms with Gasteiger partial charge in [0.05, 0.1) is 5.02 Å². The van der Waals surface area contributed by atoms with Crippen LogP contribution in [0.3, 0.4) is 0 Å². The van der Waals surface area contributed by atoms with Gasteiger partial charge in [0.25, 0.3) is 0 Å². The highest BCUT2D eigenvalue weighted by atomic mass is 35.5. The predicted molar refractivity (Wildman–Crippen MR) is 74.1 cm³/mol. The van der Waals surface area contributed by atoms with Crippen molar-refractivity contribution < 1.29 is 9.52 Å². The van der Waals surface area contributed by atoms with Gasteiger partial charge in [0.1, 0.15) is 17.4 Å². The molecule has 0 fully saturated rings. The number of hydrogen-bond acceptors (Lipinski definition) is 3. The molecule has 1 unspecified atom stereocenters. The van der Waals surface area contributed by atoms with Crippen LogP contribution in [0.1, 0.15) is 17.4 Å². The average molecular weight is 274 g/mol. The van der Waals surface area contributed by atoms with Crippen LogP contribution in [0, 0.1) is 0 Å². The van der Waals surface area contributed by atoms with Gasteiger partial charge in [-0.3, -0.25) is 4.98 Å². The Morgan fingerprint density at radius 3 is 2.89 bits per heavy atom. The molecule has 96 valence electrons. The summed E-state index contributed by atoms with van der Waals surface area (Å²) in [7, 11) is 0. The van der Waals surface area contributed by atoms with E-state index in [0.29, 0.717) is 17.2 Å². The summed E-state index contributed by atoms with van der Waals surface area (Å²) in [5, 5.41) is 11.8. The molecule has 1 N–H and O–H groups in total. The highest BCUT2D eigenvalue weighted by Gasteiger charge is 2.15. The van der Waals surface area contributed by atoms with Gasteiger partial charge in [-0.05, 0) is 23.8 Å². The molecule has 2 aromatic heterocycles. The molecule has 0 amide bonds. The van der Waals surface area contributed by atoms with Crippen LogP contribution in [-0.4, -0.2) is 10.1 Å². The van der Waals surface area contributed by atoms with Crippen LogP contribution in [0.5, 0.6) is 0 Å². The van der Waals surface area contributed by atoms with Gasteiger partial charge < -0.3 is 9.52 Å². The molecule has 3 rings (SSSR count). The molecule has 1 atom stereocenters. The smallest absolute Gasteiger partial charge is 0.134 e. The van der Waals surface area contributed by atoms with Gasteiger partial charge in [-0.2, -0.15) is 0 Å². The lowest BCUT2D eigenvalue weighted by Gasteiger charge is -2.08. The molecule has 4 heteroatoms. The third-order valence-corrected chi connectivity index (χ3v) is 3.38. The molecular formula is C15H12ClNO2. The van der Waals surface area contributed by atoms with Crippen LogP contribution in [0.15, 0.2) is 53.2 Å². The molecule has 0 bridgehead atoms. The lowest BCUT2D eigenvalue weighted by Crippen LogP contribution is -2.01. The number of halogens is 1. The number of fused-ring (bicyclic) bond motifs is 1. The van der Waals surface area contributed by atoms with Crippen LogP contribution in [-0.2, 0) is 6.42 Å². The number of para-hydroxylation sites is 1. The Morgan fingerprint density at radius 1 is 1.26 bits per heavy atom. The second-order valence-electron chi connectivity index (χ2n) is 4.37. The molecule has 0 saturated heterocycles. The van der Waals surface area contributed by atoms with Crippen molar-refractivity contribution in [3.05, 3.63) is 65.1 Å². The Morgan fingerprint density at radius 2 is 2.11 bits per heavy atom. The molecule has 0 aliphatic carbocycles. The van der Waals surface area contributed by atoms with Gasteiger partial charge in [-0.1, -0.05) is 29.8 Å². The molecular weight excluding hydrogens is 262 g/mol. The second kappa shape index (κ2) is 5.03. The van der Waals surface area contributed by atoms with E-state index in [1.54, 1.807) is 18.5 Å². The lowest BCUT2D eigenvalue weighted by molar-refractivity contribution is 0.152. The minimum Gasteiger partial charge on any atom is -0.458 e. The maximum Gasteiger partial charge on any atom is 0.134 e. The third kappa shape index (κ3) is 2.48. The van der Waals surface area contributed by atoms with Gasteiger partial charge in [0, 0.05) is 24.2 Å². The third-order valence-electron chi connectivity index (χ3n) is 3.04. The van der Waals surface area contributed by atoms with Crippen LogP contribution in [0.25, 0.3) is 11.0 Å². The minimum atomic E-state index is -0.715. The number of aromatic nitrogens is 1. The number of aliphatic hydroxyl groups is 1. The summed E-state index contributed by atoms with van der Waals surface area (Å²) < 4.78 is 5.63. The van der Waals surface area contributed by atoms with Crippen molar-refractivity contribution in [3.8, 4) is 0 Å². The van der Waals surface area contributed by atoms with Crippen molar-refractivity contribution >= 4 is 22.6 Å². The zero-order valence-electron chi connectivity index (χ0n) is 10.1. The van der Waals surface area contributed by atoms with Crippen LogP contribution in [0.4, 0.5) is 0 Å². The van der Waals surface area contributed by atoms with E-state index in [1.165, 1.54) is 0 Å². The van der Waals surface area contributed by atoms with Crippen LogP contribution >= 0.6 is 11.6 Å². The second-order valence-corrected chi connectivity index (χ2v) is 4.78. The first-order valence-corrected chi connectivity index (χ1v) is 6.37. The van der Waals surface area contributed by atoms with E-state index >= 15 is 0 Å². The predicted octanol–water partition coefficient (Wildman–Crippen LogP) is 3.76. The number of aliphatic hydroxyl groups excluding tert-OH is 1.